The van der Waals surface area contributed by atoms with Crippen LogP contribution in [0.4, 0.5) is 0 Å². The molecule has 1 saturated heterocycles. The Bertz CT molecular complexity index is 210. The second kappa shape index (κ2) is 3.64. The second-order valence-corrected chi connectivity index (χ2v) is 3.71. The number of aliphatic imine (C=N–C) groups is 1. The molecule has 0 unspecified atom stereocenters. The van der Waals surface area contributed by atoms with Gasteiger partial charge >= 0.3 is 0 Å². The van der Waals surface area contributed by atoms with Gasteiger partial charge in [-0.25, -0.2) is 0 Å². The minimum absolute atomic E-state index is 0.130. The molecule has 0 atom stereocenters. The summed E-state index contributed by atoms with van der Waals surface area (Å²) in [6.45, 7) is 3.42. The number of hydrogen-bond donors (Lipinski definition) is 2. The Balaban J connectivity index is 2.12. The summed E-state index contributed by atoms with van der Waals surface area (Å²) in [5.41, 5.74) is -0.130. The molecule has 4 heteroatoms. The van der Waals surface area contributed by atoms with Gasteiger partial charge in [-0.3, -0.25) is 4.99 Å². The predicted molar refractivity (Wildman–Crippen MR) is 49.9 cm³/mol. The van der Waals surface area contributed by atoms with E-state index >= 15 is 0 Å². The third-order valence-electron chi connectivity index (χ3n) is 2.93. The van der Waals surface area contributed by atoms with Crippen molar-refractivity contribution < 1.29 is 9.84 Å². The van der Waals surface area contributed by atoms with Gasteiger partial charge in [0.15, 0.2) is 0 Å². The van der Waals surface area contributed by atoms with Gasteiger partial charge < -0.3 is 15.2 Å². The Hall–Kier alpha value is -0.610. The number of nitrogens with zero attached hydrogens (tertiary/aromatic N) is 1. The summed E-state index contributed by atoms with van der Waals surface area (Å²) in [5, 5.41) is 12.7. The number of aliphatic hydroxyl groups is 1. The maximum atomic E-state index is 9.43. The SMILES string of the molecule is OCC1(C2=NCCN2)CCOCC1. The number of amidine groups is 1. The molecule has 2 N–H and O–H groups in total. The Morgan fingerprint density at radius 2 is 2.23 bits per heavy atom. The Labute approximate surface area is 78.0 Å². The van der Waals surface area contributed by atoms with Crippen molar-refractivity contribution in [2.75, 3.05) is 32.9 Å². The van der Waals surface area contributed by atoms with Crippen molar-refractivity contribution in [2.24, 2.45) is 10.4 Å². The lowest BCUT2D eigenvalue weighted by molar-refractivity contribution is 0.0185. The smallest absolute Gasteiger partial charge is 0.105 e. The van der Waals surface area contributed by atoms with Crippen LogP contribution < -0.4 is 5.32 Å². The number of rotatable bonds is 2. The molecule has 13 heavy (non-hydrogen) atoms. The van der Waals surface area contributed by atoms with Gasteiger partial charge in [0.1, 0.15) is 5.84 Å². The normalized spacial score (nSPS) is 26.7. The first-order chi connectivity index (χ1) is 6.37. The van der Waals surface area contributed by atoms with Crippen molar-refractivity contribution in [3.8, 4) is 0 Å². The van der Waals surface area contributed by atoms with E-state index in [0.717, 1.165) is 45.0 Å². The predicted octanol–water partition coefficient (Wildman–Crippen LogP) is -0.223. The molecule has 2 aliphatic rings. The number of nitrogens with one attached hydrogen (secondary N) is 1. The summed E-state index contributed by atoms with van der Waals surface area (Å²) >= 11 is 0. The van der Waals surface area contributed by atoms with Crippen molar-refractivity contribution in [3.05, 3.63) is 0 Å². The lowest BCUT2D eigenvalue weighted by Crippen LogP contribution is -2.45. The molecule has 1 fully saturated rings. The molecule has 4 nitrogen and oxygen atoms in total. The van der Waals surface area contributed by atoms with Crippen LogP contribution in [0.5, 0.6) is 0 Å². The van der Waals surface area contributed by atoms with E-state index in [2.05, 4.69) is 10.3 Å². The van der Waals surface area contributed by atoms with Gasteiger partial charge in [-0.1, -0.05) is 0 Å². The molecule has 0 saturated carbocycles. The van der Waals surface area contributed by atoms with Crippen LogP contribution in [0.2, 0.25) is 0 Å². The molecule has 74 valence electrons. The third kappa shape index (κ3) is 1.56. The number of ether oxygens (including phenoxy) is 1. The molecule has 0 bridgehead atoms. The highest BCUT2D eigenvalue weighted by Gasteiger charge is 2.38. The average molecular weight is 184 g/mol. The lowest BCUT2D eigenvalue weighted by atomic mass is 9.80. The zero-order chi connectivity index (χ0) is 9.15. The van der Waals surface area contributed by atoms with Gasteiger partial charge in [-0.15, -0.1) is 0 Å². The summed E-state index contributed by atoms with van der Waals surface area (Å²) in [5.74, 6) is 0.998. The lowest BCUT2D eigenvalue weighted by Gasteiger charge is -2.35. The first-order valence-electron chi connectivity index (χ1n) is 4.85. The van der Waals surface area contributed by atoms with Crippen LogP contribution in [-0.4, -0.2) is 43.9 Å². The van der Waals surface area contributed by atoms with Crippen LogP contribution in [-0.2, 0) is 4.74 Å². The zero-order valence-corrected chi connectivity index (χ0v) is 7.75. The molecule has 0 amide bonds. The molecule has 2 rings (SSSR count). The quantitative estimate of drug-likeness (QED) is 0.623. The van der Waals surface area contributed by atoms with Gasteiger partial charge in [0.25, 0.3) is 0 Å². The highest BCUT2D eigenvalue weighted by molar-refractivity contribution is 5.89. The second-order valence-electron chi connectivity index (χ2n) is 3.71. The van der Waals surface area contributed by atoms with Crippen molar-refractivity contribution in [1.82, 2.24) is 5.32 Å². The molecule has 0 aromatic rings. The summed E-state index contributed by atoms with van der Waals surface area (Å²) in [4.78, 5) is 4.39. The maximum Gasteiger partial charge on any atom is 0.105 e. The fourth-order valence-corrected chi connectivity index (χ4v) is 1.99. The topological polar surface area (TPSA) is 53.9 Å². The average Bonchev–Trinajstić information content (AvgIpc) is 2.72. The molecule has 0 aromatic carbocycles. The first kappa shape index (κ1) is 8.97. The van der Waals surface area contributed by atoms with E-state index in [1.807, 2.05) is 0 Å². The van der Waals surface area contributed by atoms with Crippen LogP contribution in [0.25, 0.3) is 0 Å². The van der Waals surface area contributed by atoms with E-state index < -0.39 is 0 Å². The van der Waals surface area contributed by atoms with E-state index in [1.165, 1.54) is 0 Å². The fraction of sp³-hybridized carbons (Fsp3) is 0.889. The molecular formula is C9H16N2O2. The molecular weight excluding hydrogens is 168 g/mol. The van der Waals surface area contributed by atoms with Crippen LogP contribution >= 0.6 is 0 Å². The minimum Gasteiger partial charge on any atom is -0.395 e. The Morgan fingerprint density at radius 1 is 1.46 bits per heavy atom. The van der Waals surface area contributed by atoms with Crippen molar-refractivity contribution in [1.29, 1.82) is 0 Å². The summed E-state index contributed by atoms with van der Waals surface area (Å²) in [6.07, 6.45) is 1.77. The Kier molecular flexibility index (Phi) is 2.51. The monoisotopic (exact) mass is 184 g/mol. The first-order valence-corrected chi connectivity index (χ1v) is 4.85. The third-order valence-corrected chi connectivity index (χ3v) is 2.93. The van der Waals surface area contributed by atoms with Crippen molar-refractivity contribution in [2.45, 2.75) is 12.8 Å². The van der Waals surface area contributed by atoms with Gasteiger partial charge in [0.2, 0.25) is 0 Å². The van der Waals surface area contributed by atoms with Crippen molar-refractivity contribution in [3.63, 3.8) is 0 Å². The molecule has 0 spiro atoms. The van der Waals surface area contributed by atoms with E-state index in [-0.39, 0.29) is 12.0 Å². The Morgan fingerprint density at radius 3 is 2.77 bits per heavy atom. The molecule has 0 radical (unpaired) electrons. The highest BCUT2D eigenvalue weighted by Crippen LogP contribution is 2.31. The van der Waals surface area contributed by atoms with Gasteiger partial charge in [-0.05, 0) is 12.8 Å². The van der Waals surface area contributed by atoms with Gasteiger partial charge in [0.05, 0.1) is 18.6 Å². The van der Waals surface area contributed by atoms with E-state index in [1.54, 1.807) is 0 Å². The van der Waals surface area contributed by atoms with Gasteiger partial charge in [0, 0.05) is 19.8 Å². The van der Waals surface area contributed by atoms with Crippen LogP contribution in [0.1, 0.15) is 12.8 Å². The number of aliphatic hydroxyl groups excluding tert-OH is 1. The summed E-state index contributed by atoms with van der Waals surface area (Å²) < 4.78 is 5.29. The largest absolute Gasteiger partial charge is 0.395 e. The van der Waals surface area contributed by atoms with E-state index in [9.17, 15) is 5.11 Å². The van der Waals surface area contributed by atoms with Crippen molar-refractivity contribution >= 4 is 5.84 Å². The summed E-state index contributed by atoms with van der Waals surface area (Å²) in [7, 11) is 0. The van der Waals surface area contributed by atoms with Crippen LogP contribution in [0.15, 0.2) is 4.99 Å². The van der Waals surface area contributed by atoms with Crippen LogP contribution in [0, 0.1) is 5.41 Å². The van der Waals surface area contributed by atoms with Crippen LogP contribution in [0.3, 0.4) is 0 Å². The summed E-state index contributed by atoms with van der Waals surface area (Å²) in [6, 6.07) is 0. The highest BCUT2D eigenvalue weighted by atomic mass is 16.5. The fourth-order valence-electron chi connectivity index (χ4n) is 1.99. The number of hydrogen-bond acceptors (Lipinski definition) is 4. The van der Waals surface area contributed by atoms with Gasteiger partial charge in [-0.2, -0.15) is 0 Å². The zero-order valence-electron chi connectivity index (χ0n) is 7.75. The van der Waals surface area contributed by atoms with E-state index in [4.69, 9.17) is 4.74 Å². The molecule has 2 aliphatic heterocycles. The minimum atomic E-state index is -0.130. The molecule has 0 aromatic heterocycles. The van der Waals surface area contributed by atoms with E-state index in [0.29, 0.717) is 0 Å². The maximum absolute atomic E-state index is 9.43. The molecule has 2 heterocycles. The molecule has 0 aliphatic carbocycles. The standard InChI is InChI=1S/C9H16N2O2/c12-7-9(1-5-13-6-2-9)8-10-3-4-11-8/h12H,1-7H2,(H,10,11).